The third-order valence-electron chi connectivity index (χ3n) is 2.82. The molecule has 2 N–H and O–H groups in total. The van der Waals surface area contributed by atoms with Crippen molar-refractivity contribution in [1.82, 2.24) is 10.2 Å². The van der Waals surface area contributed by atoms with E-state index in [2.05, 4.69) is 5.32 Å². The Morgan fingerprint density at radius 2 is 2.25 bits per heavy atom. The summed E-state index contributed by atoms with van der Waals surface area (Å²) in [5.41, 5.74) is -0.535. The van der Waals surface area contributed by atoms with Gasteiger partial charge in [-0.05, 0) is 13.3 Å². The quantitative estimate of drug-likeness (QED) is 0.689. The van der Waals surface area contributed by atoms with Gasteiger partial charge in [-0.1, -0.05) is 0 Å². The monoisotopic (exact) mass is 230 g/mol. The molecule has 0 saturated carbocycles. The molecule has 0 bridgehead atoms. The second kappa shape index (κ2) is 5.16. The zero-order valence-electron chi connectivity index (χ0n) is 9.65. The maximum Gasteiger partial charge on any atom is 0.409 e. The van der Waals surface area contributed by atoms with Crippen LogP contribution < -0.4 is 5.32 Å². The van der Waals surface area contributed by atoms with Crippen LogP contribution in [0.5, 0.6) is 0 Å². The van der Waals surface area contributed by atoms with Crippen LogP contribution in [-0.2, 0) is 9.53 Å². The smallest absolute Gasteiger partial charge is 0.409 e. The Labute approximate surface area is 94.6 Å². The lowest BCUT2D eigenvalue weighted by Crippen LogP contribution is -2.40. The Morgan fingerprint density at radius 3 is 2.81 bits per heavy atom. The van der Waals surface area contributed by atoms with E-state index in [4.69, 9.17) is 9.84 Å². The first-order valence-electron chi connectivity index (χ1n) is 5.28. The molecule has 1 rings (SSSR count). The predicted octanol–water partition coefficient (Wildman–Crippen LogP) is -0.427. The molecule has 0 aromatic heterocycles. The Morgan fingerprint density at radius 1 is 1.56 bits per heavy atom. The zero-order chi connectivity index (χ0) is 12.2. The number of nitrogens with zero attached hydrogens (tertiary/aromatic N) is 1. The van der Waals surface area contributed by atoms with Crippen LogP contribution in [-0.4, -0.2) is 55.4 Å². The lowest BCUT2D eigenvalue weighted by Gasteiger charge is -2.22. The van der Waals surface area contributed by atoms with Gasteiger partial charge in [0.15, 0.2) is 0 Å². The van der Waals surface area contributed by atoms with E-state index in [9.17, 15) is 9.59 Å². The Balaban J connectivity index is 2.51. The summed E-state index contributed by atoms with van der Waals surface area (Å²) < 4.78 is 4.79. The van der Waals surface area contributed by atoms with Gasteiger partial charge in [0.25, 0.3) is 0 Å². The van der Waals surface area contributed by atoms with E-state index >= 15 is 0 Å². The molecular weight excluding hydrogens is 212 g/mol. The van der Waals surface area contributed by atoms with E-state index in [-0.39, 0.29) is 19.1 Å². The number of nitrogens with one attached hydrogen (secondary N) is 1. The van der Waals surface area contributed by atoms with Gasteiger partial charge in [-0.25, -0.2) is 4.79 Å². The second-order valence-corrected chi connectivity index (χ2v) is 4.15. The first-order chi connectivity index (χ1) is 7.53. The highest BCUT2D eigenvalue weighted by Crippen LogP contribution is 2.30. The highest BCUT2D eigenvalue weighted by atomic mass is 16.6. The summed E-state index contributed by atoms with van der Waals surface area (Å²) in [6.07, 6.45) is 0.155. The maximum atomic E-state index is 11.6. The number of likely N-dealkylation sites (tertiary alicyclic amines) is 1. The number of carbonyl (C=O) groups excluding carboxylic acids is 2. The minimum absolute atomic E-state index is 0.00791. The molecule has 6 heteroatoms. The van der Waals surface area contributed by atoms with Crippen LogP contribution in [0.2, 0.25) is 0 Å². The average Bonchev–Trinajstić information content (AvgIpc) is 2.69. The molecule has 1 heterocycles. The first kappa shape index (κ1) is 12.8. The Hall–Kier alpha value is -1.30. The van der Waals surface area contributed by atoms with Gasteiger partial charge in [-0.3, -0.25) is 4.79 Å². The second-order valence-electron chi connectivity index (χ2n) is 4.15. The van der Waals surface area contributed by atoms with Crippen molar-refractivity contribution in [3.05, 3.63) is 0 Å². The third kappa shape index (κ3) is 2.63. The normalized spacial score (nSPS) is 24.3. The third-order valence-corrected chi connectivity index (χ3v) is 2.82. The molecule has 0 radical (unpaired) electrons. The predicted molar refractivity (Wildman–Crippen MR) is 56.8 cm³/mol. The minimum atomic E-state index is -0.535. The highest BCUT2D eigenvalue weighted by Gasteiger charge is 2.41. The molecule has 1 aliphatic heterocycles. The Kier molecular flexibility index (Phi) is 4.12. The molecule has 0 aromatic carbocycles. The van der Waals surface area contributed by atoms with E-state index in [1.54, 1.807) is 7.05 Å². The fraction of sp³-hybridized carbons (Fsp3) is 0.800. The van der Waals surface area contributed by atoms with Gasteiger partial charge in [0.2, 0.25) is 5.91 Å². The summed E-state index contributed by atoms with van der Waals surface area (Å²) in [6, 6.07) is 0. The summed E-state index contributed by atoms with van der Waals surface area (Å²) in [6.45, 7) is 2.49. The van der Waals surface area contributed by atoms with E-state index < -0.39 is 11.5 Å². The zero-order valence-corrected chi connectivity index (χ0v) is 9.65. The molecule has 16 heavy (non-hydrogen) atoms. The molecule has 6 nitrogen and oxygen atoms in total. The number of aliphatic hydroxyl groups excluding tert-OH is 1. The molecule has 1 aliphatic rings. The SMILES string of the molecule is CNC(=O)C1(C)CCN(C(=O)OCCO)C1. The summed E-state index contributed by atoms with van der Waals surface area (Å²) in [5, 5.41) is 11.1. The molecule has 1 saturated heterocycles. The van der Waals surface area contributed by atoms with Gasteiger partial charge in [0, 0.05) is 20.1 Å². The number of hydrogen-bond acceptors (Lipinski definition) is 4. The highest BCUT2D eigenvalue weighted by molar-refractivity contribution is 5.83. The topological polar surface area (TPSA) is 78.9 Å². The van der Waals surface area contributed by atoms with Crippen LogP contribution in [0, 0.1) is 5.41 Å². The molecule has 1 fully saturated rings. The van der Waals surface area contributed by atoms with Crippen molar-refractivity contribution in [3.8, 4) is 0 Å². The maximum absolute atomic E-state index is 11.6. The van der Waals surface area contributed by atoms with Gasteiger partial charge in [-0.2, -0.15) is 0 Å². The van der Waals surface area contributed by atoms with Crippen molar-refractivity contribution in [2.75, 3.05) is 33.4 Å². The van der Waals surface area contributed by atoms with Gasteiger partial charge in [-0.15, -0.1) is 0 Å². The van der Waals surface area contributed by atoms with Crippen molar-refractivity contribution in [3.63, 3.8) is 0 Å². The lowest BCUT2D eigenvalue weighted by atomic mass is 9.89. The number of hydrogen-bond donors (Lipinski definition) is 2. The van der Waals surface area contributed by atoms with E-state index in [1.807, 2.05) is 6.92 Å². The first-order valence-corrected chi connectivity index (χ1v) is 5.28. The summed E-state index contributed by atoms with van der Waals surface area (Å²) in [7, 11) is 1.58. The molecule has 2 amide bonds. The van der Waals surface area contributed by atoms with Crippen molar-refractivity contribution in [2.45, 2.75) is 13.3 Å². The number of amides is 2. The lowest BCUT2D eigenvalue weighted by molar-refractivity contribution is -0.128. The summed E-state index contributed by atoms with van der Waals surface area (Å²) >= 11 is 0. The van der Waals surface area contributed by atoms with Crippen molar-refractivity contribution in [2.24, 2.45) is 5.41 Å². The molecule has 0 spiro atoms. The fourth-order valence-electron chi connectivity index (χ4n) is 1.83. The van der Waals surface area contributed by atoms with Crippen molar-refractivity contribution in [1.29, 1.82) is 0 Å². The standard InChI is InChI=1S/C10H18N2O4/c1-10(8(14)11-2)3-4-12(7-10)9(15)16-6-5-13/h13H,3-7H2,1-2H3,(H,11,14). The molecule has 0 aromatic rings. The van der Waals surface area contributed by atoms with Crippen LogP contribution in [0.1, 0.15) is 13.3 Å². The van der Waals surface area contributed by atoms with Crippen LogP contribution >= 0.6 is 0 Å². The van der Waals surface area contributed by atoms with Gasteiger partial charge in [0.05, 0.1) is 12.0 Å². The summed E-state index contributed by atoms with van der Waals surface area (Å²) in [4.78, 5) is 24.5. The minimum Gasteiger partial charge on any atom is -0.447 e. The van der Waals surface area contributed by atoms with Crippen LogP contribution in [0.15, 0.2) is 0 Å². The Bertz CT molecular complexity index is 282. The van der Waals surface area contributed by atoms with E-state index in [1.165, 1.54) is 4.90 Å². The van der Waals surface area contributed by atoms with Gasteiger partial charge < -0.3 is 20.1 Å². The van der Waals surface area contributed by atoms with Crippen LogP contribution in [0.25, 0.3) is 0 Å². The van der Waals surface area contributed by atoms with E-state index in [0.717, 1.165) is 0 Å². The summed E-state index contributed by atoms with van der Waals surface area (Å²) in [5.74, 6) is -0.0649. The average molecular weight is 230 g/mol. The molecule has 92 valence electrons. The van der Waals surface area contributed by atoms with Crippen molar-refractivity contribution < 1.29 is 19.4 Å². The van der Waals surface area contributed by atoms with E-state index in [0.29, 0.717) is 19.5 Å². The van der Waals surface area contributed by atoms with Crippen LogP contribution in [0.3, 0.4) is 0 Å². The molecular formula is C10H18N2O4. The number of aliphatic hydroxyl groups is 1. The van der Waals surface area contributed by atoms with Crippen LogP contribution in [0.4, 0.5) is 4.79 Å². The molecule has 1 unspecified atom stereocenters. The van der Waals surface area contributed by atoms with Crippen molar-refractivity contribution >= 4 is 12.0 Å². The largest absolute Gasteiger partial charge is 0.447 e. The van der Waals surface area contributed by atoms with Gasteiger partial charge >= 0.3 is 6.09 Å². The molecule has 1 atom stereocenters. The molecule has 0 aliphatic carbocycles. The number of ether oxygens (including phenoxy) is 1. The fourth-order valence-corrected chi connectivity index (χ4v) is 1.83. The number of rotatable bonds is 3. The van der Waals surface area contributed by atoms with Gasteiger partial charge in [0.1, 0.15) is 6.61 Å². The number of carbonyl (C=O) groups is 2.